The molecule has 0 aliphatic rings. The molecule has 0 aliphatic heterocycles. The van der Waals surface area contributed by atoms with Crippen LogP contribution in [0.5, 0.6) is 5.75 Å². The number of carboxylic acid groups (broad SMARTS) is 1. The molecule has 0 aliphatic carbocycles. The highest BCUT2D eigenvalue weighted by Crippen LogP contribution is 2.18. The average Bonchev–Trinajstić information content (AvgIpc) is 2.52. The monoisotopic (exact) mass is 376 g/mol. The summed E-state index contributed by atoms with van der Waals surface area (Å²) in [6, 6.07) is 3.97. The first-order valence-corrected chi connectivity index (χ1v) is 7.83. The van der Waals surface area contributed by atoms with Gasteiger partial charge in [0.2, 0.25) is 5.91 Å². The highest BCUT2D eigenvalue weighted by molar-refractivity contribution is 5.85. The van der Waals surface area contributed by atoms with Crippen LogP contribution in [0.1, 0.15) is 25.8 Å². The van der Waals surface area contributed by atoms with Crippen LogP contribution in [0.3, 0.4) is 0 Å². The van der Waals surface area contributed by atoms with Gasteiger partial charge in [-0.3, -0.25) is 14.5 Å². The highest BCUT2D eigenvalue weighted by Gasteiger charge is 2.25. The van der Waals surface area contributed by atoms with Gasteiger partial charge in [-0.1, -0.05) is 13.0 Å². The van der Waals surface area contributed by atoms with Crippen molar-refractivity contribution >= 4 is 24.3 Å². The minimum atomic E-state index is -0.969. The molecule has 0 fully saturated rings. The van der Waals surface area contributed by atoms with Crippen molar-refractivity contribution in [2.24, 2.45) is 0 Å². The highest BCUT2D eigenvalue weighted by atomic mass is 35.5. The second-order valence-corrected chi connectivity index (χ2v) is 5.70. The van der Waals surface area contributed by atoms with Crippen molar-refractivity contribution in [3.05, 3.63) is 29.6 Å². The summed E-state index contributed by atoms with van der Waals surface area (Å²) in [7, 11) is 3.01. The Bertz CT molecular complexity index is 586. The first-order chi connectivity index (χ1) is 11.3. The molecule has 1 aromatic carbocycles. The molecule has 0 aromatic heterocycles. The molecule has 25 heavy (non-hydrogen) atoms. The van der Waals surface area contributed by atoms with Gasteiger partial charge in [0.05, 0.1) is 19.7 Å². The minimum absolute atomic E-state index is 0. The number of likely N-dealkylation sites (N-methyl/N-ethyl adjacent to an activating group) is 1. The predicted molar refractivity (Wildman–Crippen MR) is 95.6 cm³/mol. The molecule has 6 nitrogen and oxygen atoms in total. The lowest BCUT2D eigenvalue weighted by Crippen LogP contribution is -2.47. The molecule has 1 unspecified atom stereocenters. The van der Waals surface area contributed by atoms with Crippen molar-refractivity contribution in [2.45, 2.75) is 32.9 Å². The van der Waals surface area contributed by atoms with Crippen molar-refractivity contribution in [1.82, 2.24) is 9.80 Å². The van der Waals surface area contributed by atoms with Crippen LogP contribution in [0.2, 0.25) is 0 Å². The molecule has 0 heterocycles. The van der Waals surface area contributed by atoms with Gasteiger partial charge in [0.15, 0.2) is 11.6 Å². The number of methoxy groups -OCH3 is 1. The van der Waals surface area contributed by atoms with E-state index in [1.54, 1.807) is 24.9 Å². The van der Waals surface area contributed by atoms with Crippen LogP contribution in [0, 0.1) is 5.82 Å². The number of aliphatic carboxylic acids is 1. The predicted octanol–water partition coefficient (Wildman–Crippen LogP) is 2.40. The quantitative estimate of drug-likeness (QED) is 0.716. The van der Waals surface area contributed by atoms with Gasteiger partial charge in [-0.2, -0.15) is 0 Å². The zero-order valence-electron chi connectivity index (χ0n) is 15.0. The number of benzene rings is 1. The second kappa shape index (κ2) is 10.9. The molecule has 1 aromatic rings. The van der Waals surface area contributed by atoms with Gasteiger partial charge in [0, 0.05) is 13.6 Å². The van der Waals surface area contributed by atoms with Crippen molar-refractivity contribution in [3.63, 3.8) is 0 Å². The van der Waals surface area contributed by atoms with E-state index >= 15 is 0 Å². The third-order valence-corrected chi connectivity index (χ3v) is 3.77. The lowest BCUT2D eigenvalue weighted by Gasteiger charge is -2.29. The fourth-order valence-electron chi connectivity index (χ4n) is 2.51. The number of ether oxygens (including phenoxy) is 1. The van der Waals surface area contributed by atoms with Crippen LogP contribution in [0.25, 0.3) is 0 Å². The Morgan fingerprint density at radius 1 is 1.36 bits per heavy atom. The second-order valence-electron chi connectivity index (χ2n) is 5.70. The zero-order valence-corrected chi connectivity index (χ0v) is 15.8. The summed E-state index contributed by atoms with van der Waals surface area (Å²) >= 11 is 0. The molecule has 0 saturated carbocycles. The largest absolute Gasteiger partial charge is 0.494 e. The molecule has 1 atom stereocenters. The first-order valence-electron chi connectivity index (χ1n) is 7.83. The molecule has 0 radical (unpaired) electrons. The van der Waals surface area contributed by atoms with Crippen molar-refractivity contribution in [1.29, 1.82) is 0 Å². The summed E-state index contributed by atoms with van der Waals surface area (Å²) in [5, 5.41) is 8.97. The van der Waals surface area contributed by atoms with Crippen molar-refractivity contribution in [2.75, 3.05) is 27.2 Å². The Morgan fingerprint density at radius 2 is 2.00 bits per heavy atom. The number of carbonyl (C=O) groups is 2. The Hall–Kier alpha value is -1.86. The van der Waals surface area contributed by atoms with Gasteiger partial charge in [-0.25, -0.2) is 4.39 Å². The van der Waals surface area contributed by atoms with Crippen molar-refractivity contribution < 1.29 is 23.8 Å². The third kappa shape index (κ3) is 6.88. The molecular formula is C17H26ClFN2O4. The molecule has 0 bridgehead atoms. The van der Waals surface area contributed by atoms with E-state index in [1.165, 1.54) is 24.1 Å². The fourth-order valence-corrected chi connectivity index (χ4v) is 2.51. The molecule has 1 amide bonds. The fraction of sp³-hybridized carbons (Fsp3) is 0.529. The molecule has 142 valence electrons. The Kier molecular flexibility index (Phi) is 10.1. The van der Waals surface area contributed by atoms with Crippen LogP contribution in [0.15, 0.2) is 18.2 Å². The van der Waals surface area contributed by atoms with E-state index in [4.69, 9.17) is 9.84 Å². The van der Waals surface area contributed by atoms with E-state index in [0.717, 1.165) is 6.42 Å². The number of carboxylic acids is 1. The molecule has 0 spiro atoms. The molecule has 1 rings (SSSR count). The normalized spacial score (nSPS) is 11.6. The van der Waals surface area contributed by atoms with Gasteiger partial charge in [0.1, 0.15) is 0 Å². The summed E-state index contributed by atoms with van der Waals surface area (Å²) in [5.74, 6) is -1.51. The first kappa shape index (κ1) is 23.1. The lowest BCUT2D eigenvalue weighted by atomic mass is 10.1. The maximum Gasteiger partial charge on any atom is 0.317 e. The van der Waals surface area contributed by atoms with E-state index in [-0.39, 0.29) is 37.2 Å². The lowest BCUT2D eigenvalue weighted by molar-refractivity contribution is -0.142. The molecule has 1 N–H and O–H groups in total. The van der Waals surface area contributed by atoms with Gasteiger partial charge >= 0.3 is 5.97 Å². The standard InChI is InChI=1S/C17H25FN2O4.ClH/c1-5-8-20(11-16(21)22)12(2)17(23)19(3)10-13-6-7-15(24-4)14(18)9-13;/h6-7,9,12H,5,8,10-11H2,1-4H3,(H,21,22);1H. The number of amides is 1. The average molecular weight is 377 g/mol. The van der Waals surface area contributed by atoms with Crippen molar-refractivity contribution in [3.8, 4) is 5.75 Å². The van der Waals surface area contributed by atoms with E-state index in [1.807, 2.05) is 6.92 Å². The van der Waals surface area contributed by atoms with Crippen LogP contribution >= 0.6 is 12.4 Å². The van der Waals surface area contributed by atoms with Crippen LogP contribution in [0.4, 0.5) is 4.39 Å². The van der Waals surface area contributed by atoms with Crippen LogP contribution in [-0.4, -0.2) is 60.1 Å². The summed E-state index contributed by atoms with van der Waals surface area (Å²) in [4.78, 5) is 26.6. The maximum absolute atomic E-state index is 13.7. The topological polar surface area (TPSA) is 70.1 Å². The molecule has 8 heteroatoms. The molecule has 0 saturated heterocycles. The Balaban J connectivity index is 0.00000576. The number of halogens is 2. The molecular weight excluding hydrogens is 351 g/mol. The van der Waals surface area contributed by atoms with E-state index in [2.05, 4.69) is 0 Å². The smallest absolute Gasteiger partial charge is 0.317 e. The van der Waals surface area contributed by atoms with Gasteiger partial charge in [-0.05, 0) is 37.6 Å². The maximum atomic E-state index is 13.7. The summed E-state index contributed by atoms with van der Waals surface area (Å²) in [5.41, 5.74) is 0.636. The van der Waals surface area contributed by atoms with E-state index < -0.39 is 17.8 Å². The van der Waals surface area contributed by atoms with E-state index in [9.17, 15) is 14.0 Å². The Labute approximate surface area is 154 Å². The number of carbonyl (C=O) groups excluding carboxylic acids is 1. The SMILES string of the molecule is CCCN(CC(=O)O)C(C)C(=O)N(C)Cc1ccc(OC)c(F)c1.Cl. The minimum Gasteiger partial charge on any atom is -0.494 e. The summed E-state index contributed by atoms with van der Waals surface area (Å²) in [6.07, 6.45) is 0.748. The third-order valence-electron chi connectivity index (χ3n) is 3.77. The number of hydrogen-bond acceptors (Lipinski definition) is 4. The van der Waals surface area contributed by atoms with Gasteiger partial charge in [0.25, 0.3) is 0 Å². The van der Waals surface area contributed by atoms with Crippen LogP contribution < -0.4 is 4.74 Å². The number of rotatable bonds is 9. The number of hydrogen-bond donors (Lipinski definition) is 1. The van der Waals surface area contributed by atoms with Gasteiger partial charge < -0.3 is 14.7 Å². The Morgan fingerprint density at radius 3 is 2.48 bits per heavy atom. The van der Waals surface area contributed by atoms with Crippen LogP contribution in [-0.2, 0) is 16.1 Å². The summed E-state index contributed by atoms with van der Waals surface area (Å²) in [6.45, 7) is 4.18. The number of nitrogens with zero attached hydrogens (tertiary/aromatic N) is 2. The van der Waals surface area contributed by atoms with Gasteiger partial charge in [-0.15, -0.1) is 12.4 Å². The van der Waals surface area contributed by atoms with E-state index in [0.29, 0.717) is 12.1 Å². The zero-order chi connectivity index (χ0) is 18.3. The summed E-state index contributed by atoms with van der Waals surface area (Å²) < 4.78 is 18.6.